The summed E-state index contributed by atoms with van der Waals surface area (Å²) in [6, 6.07) is 11.7. The third kappa shape index (κ3) is 2.83. The van der Waals surface area contributed by atoms with E-state index < -0.39 is 11.8 Å². The number of nitrogens with zero attached hydrogens (tertiary/aromatic N) is 1. The van der Waals surface area contributed by atoms with Crippen LogP contribution in [-0.4, -0.2) is 22.6 Å². The third-order valence-corrected chi connectivity index (χ3v) is 3.60. The molecule has 5 nitrogen and oxygen atoms in total. The zero-order valence-electron chi connectivity index (χ0n) is 12.4. The second kappa shape index (κ2) is 6.00. The number of pyridine rings is 1. The van der Waals surface area contributed by atoms with E-state index in [1.54, 1.807) is 34.9 Å². The van der Waals surface area contributed by atoms with Crippen molar-refractivity contribution in [3.63, 3.8) is 0 Å². The molecule has 2 aromatic heterocycles. The van der Waals surface area contributed by atoms with Crippen molar-refractivity contribution in [3.8, 4) is 5.75 Å². The van der Waals surface area contributed by atoms with Gasteiger partial charge in [0.15, 0.2) is 17.3 Å². The minimum atomic E-state index is -1.02. The number of nitrogens with one attached hydrogen (secondary N) is 1. The average molecular weight is 314 g/mol. The highest BCUT2D eigenvalue weighted by Gasteiger charge is 2.14. The standard InChI is InChI=1S/C17H15FN2O3/c1-23-15-9-11(4-6-13(15)18)10-19-14-7-5-12-3-2-8-20(12)16(14)17(21)22/h2-9,19H,10H2,1H3,(H,21,22). The predicted molar refractivity (Wildman–Crippen MR) is 84.6 cm³/mol. The van der Waals surface area contributed by atoms with Crippen molar-refractivity contribution in [1.29, 1.82) is 0 Å². The summed E-state index contributed by atoms with van der Waals surface area (Å²) < 4.78 is 20.0. The van der Waals surface area contributed by atoms with E-state index >= 15 is 0 Å². The van der Waals surface area contributed by atoms with Crippen molar-refractivity contribution >= 4 is 17.2 Å². The number of fused-ring (bicyclic) bond motifs is 1. The summed E-state index contributed by atoms with van der Waals surface area (Å²) in [7, 11) is 1.40. The van der Waals surface area contributed by atoms with Gasteiger partial charge < -0.3 is 19.6 Å². The molecule has 3 aromatic rings. The molecular formula is C17H15FN2O3. The number of methoxy groups -OCH3 is 1. The number of hydrogen-bond acceptors (Lipinski definition) is 3. The van der Waals surface area contributed by atoms with Gasteiger partial charge in [0, 0.05) is 18.3 Å². The van der Waals surface area contributed by atoms with Crippen molar-refractivity contribution in [2.45, 2.75) is 6.54 Å². The van der Waals surface area contributed by atoms with Crippen LogP contribution in [0.25, 0.3) is 5.52 Å². The number of ether oxygens (including phenoxy) is 1. The van der Waals surface area contributed by atoms with Crippen LogP contribution in [0.5, 0.6) is 5.75 Å². The van der Waals surface area contributed by atoms with Crippen molar-refractivity contribution in [2.75, 3.05) is 12.4 Å². The van der Waals surface area contributed by atoms with Gasteiger partial charge in [-0.15, -0.1) is 0 Å². The first-order chi connectivity index (χ1) is 11.1. The molecule has 0 amide bonds. The molecule has 0 aliphatic rings. The molecule has 0 unspecified atom stereocenters. The molecular weight excluding hydrogens is 299 g/mol. The van der Waals surface area contributed by atoms with Gasteiger partial charge in [0.05, 0.1) is 12.8 Å². The number of carboxylic acids is 1. The van der Waals surface area contributed by atoms with E-state index in [4.69, 9.17) is 4.74 Å². The molecule has 0 radical (unpaired) electrons. The molecule has 118 valence electrons. The van der Waals surface area contributed by atoms with Crippen LogP contribution in [0.4, 0.5) is 10.1 Å². The van der Waals surface area contributed by atoms with E-state index in [0.29, 0.717) is 12.2 Å². The largest absolute Gasteiger partial charge is 0.494 e. The molecule has 6 heteroatoms. The molecule has 0 saturated heterocycles. The molecule has 3 rings (SSSR count). The summed E-state index contributed by atoms with van der Waals surface area (Å²) in [5.74, 6) is -1.30. The van der Waals surface area contributed by atoms with Gasteiger partial charge in [0.2, 0.25) is 0 Å². The summed E-state index contributed by atoms with van der Waals surface area (Å²) in [6.07, 6.45) is 1.70. The predicted octanol–water partition coefficient (Wildman–Crippen LogP) is 3.40. The lowest BCUT2D eigenvalue weighted by atomic mass is 10.2. The highest BCUT2D eigenvalue weighted by molar-refractivity contribution is 5.93. The van der Waals surface area contributed by atoms with Gasteiger partial charge in [0.1, 0.15) is 0 Å². The number of halogens is 1. The second-order valence-corrected chi connectivity index (χ2v) is 5.03. The van der Waals surface area contributed by atoms with Crippen LogP contribution in [0.3, 0.4) is 0 Å². The Balaban J connectivity index is 1.90. The van der Waals surface area contributed by atoms with E-state index in [-0.39, 0.29) is 11.4 Å². The average Bonchev–Trinajstić information content (AvgIpc) is 3.01. The highest BCUT2D eigenvalue weighted by atomic mass is 19.1. The topological polar surface area (TPSA) is 63.0 Å². The summed E-state index contributed by atoms with van der Waals surface area (Å²) in [5.41, 5.74) is 2.23. The number of aromatic nitrogens is 1. The number of aromatic carboxylic acids is 1. The lowest BCUT2D eigenvalue weighted by Crippen LogP contribution is -2.11. The number of benzene rings is 1. The van der Waals surface area contributed by atoms with Gasteiger partial charge in [-0.05, 0) is 42.0 Å². The smallest absolute Gasteiger partial charge is 0.355 e. The van der Waals surface area contributed by atoms with Crippen LogP contribution in [0.15, 0.2) is 48.7 Å². The summed E-state index contributed by atoms with van der Waals surface area (Å²) in [5, 5.41) is 12.6. The first-order valence-electron chi connectivity index (χ1n) is 7.00. The molecule has 0 aliphatic carbocycles. The Morgan fingerprint density at radius 3 is 2.87 bits per heavy atom. The first kappa shape index (κ1) is 14.9. The zero-order valence-corrected chi connectivity index (χ0v) is 12.4. The van der Waals surface area contributed by atoms with E-state index in [1.807, 2.05) is 12.1 Å². The fourth-order valence-electron chi connectivity index (χ4n) is 2.48. The molecule has 0 spiro atoms. The van der Waals surface area contributed by atoms with E-state index in [2.05, 4.69) is 5.32 Å². The Hall–Kier alpha value is -3.02. The minimum absolute atomic E-state index is 0.154. The Kier molecular flexibility index (Phi) is 3.89. The van der Waals surface area contributed by atoms with Gasteiger partial charge in [-0.1, -0.05) is 6.07 Å². The molecule has 0 atom stereocenters. The Labute approximate surface area is 131 Å². The maximum atomic E-state index is 13.4. The summed E-state index contributed by atoms with van der Waals surface area (Å²) >= 11 is 0. The molecule has 0 fully saturated rings. The summed E-state index contributed by atoms with van der Waals surface area (Å²) in [6.45, 7) is 0.351. The quantitative estimate of drug-likeness (QED) is 0.757. The maximum absolute atomic E-state index is 13.4. The van der Waals surface area contributed by atoms with Crippen molar-refractivity contribution in [2.24, 2.45) is 0 Å². The fraction of sp³-hybridized carbons (Fsp3) is 0.118. The van der Waals surface area contributed by atoms with Crippen LogP contribution < -0.4 is 10.1 Å². The monoisotopic (exact) mass is 314 g/mol. The van der Waals surface area contributed by atoms with E-state index in [0.717, 1.165) is 11.1 Å². The highest BCUT2D eigenvalue weighted by Crippen LogP contribution is 2.22. The Bertz CT molecular complexity index is 873. The molecule has 23 heavy (non-hydrogen) atoms. The van der Waals surface area contributed by atoms with Gasteiger partial charge in [-0.3, -0.25) is 0 Å². The zero-order chi connectivity index (χ0) is 16.4. The minimum Gasteiger partial charge on any atom is -0.494 e. The lowest BCUT2D eigenvalue weighted by Gasteiger charge is -2.12. The lowest BCUT2D eigenvalue weighted by molar-refractivity contribution is 0.0690. The van der Waals surface area contributed by atoms with Crippen molar-refractivity contribution < 1.29 is 19.0 Å². The SMILES string of the molecule is COc1cc(CNc2ccc3cccn3c2C(=O)O)ccc1F. The van der Waals surface area contributed by atoms with Gasteiger partial charge in [0.25, 0.3) is 0 Å². The van der Waals surface area contributed by atoms with Gasteiger partial charge in [-0.25, -0.2) is 9.18 Å². The van der Waals surface area contributed by atoms with Crippen molar-refractivity contribution in [1.82, 2.24) is 4.40 Å². The fourth-order valence-corrected chi connectivity index (χ4v) is 2.48. The number of rotatable bonds is 5. The molecule has 2 heterocycles. The summed E-state index contributed by atoms with van der Waals surface area (Å²) in [4.78, 5) is 11.6. The van der Waals surface area contributed by atoms with E-state index in [1.165, 1.54) is 13.2 Å². The van der Waals surface area contributed by atoms with Crippen LogP contribution in [0.2, 0.25) is 0 Å². The molecule has 1 aromatic carbocycles. The van der Waals surface area contributed by atoms with Crippen LogP contribution in [-0.2, 0) is 6.54 Å². The number of carbonyl (C=O) groups is 1. The van der Waals surface area contributed by atoms with Crippen molar-refractivity contribution in [3.05, 3.63) is 65.7 Å². The molecule has 2 N–H and O–H groups in total. The number of carboxylic acid groups (broad SMARTS) is 1. The Morgan fingerprint density at radius 2 is 2.13 bits per heavy atom. The first-order valence-corrected chi connectivity index (χ1v) is 7.00. The van der Waals surface area contributed by atoms with Crippen LogP contribution >= 0.6 is 0 Å². The molecule has 0 saturated carbocycles. The van der Waals surface area contributed by atoms with Gasteiger partial charge in [-0.2, -0.15) is 0 Å². The molecule has 0 bridgehead atoms. The van der Waals surface area contributed by atoms with E-state index in [9.17, 15) is 14.3 Å². The normalized spacial score (nSPS) is 10.7. The molecule has 0 aliphatic heterocycles. The van der Waals surface area contributed by atoms with Crippen LogP contribution in [0.1, 0.15) is 16.1 Å². The van der Waals surface area contributed by atoms with Crippen LogP contribution in [0, 0.1) is 5.82 Å². The van der Waals surface area contributed by atoms with Gasteiger partial charge >= 0.3 is 5.97 Å². The Morgan fingerprint density at radius 1 is 1.30 bits per heavy atom. The maximum Gasteiger partial charge on any atom is 0.355 e. The second-order valence-electron chi connectivity index (χ2n) is 5.03. The number of hydrogen-bond donors (Lipinski definition) is 2. The number of anilines is 1. The third-order valence-electron chi connectivity index (χ3n) is 3.60.